The summed E-state index contributed by atoms with van der Waals surface area (Å²) in [5.41, 5.74) is 7.89. The lowest BCUT2D eigenvalue weighted by atomic mass is 10.1. The smallest absolute Gasteiger partial charge is 0.410 e. The maximum atomic E-state index is 12.0. The van der Waals surface area contributed by atoms with E-state index in [2.05, 4.69) is 15.9 Å². The van der Waals surface area contributed by atoms with Gasteiger partial charge in [-0.3, -0.25) is 19.9 Å². The van der Waals surface area contributed by atoms with Gasteiger partial charge in [0.1, 0.15) is 11.2 Å². The quantitative estimate of drug-likeness (QED) is 0.282. The first-order chi connectivity index (χ1) is 20.6. The van der Waals surface area contributed by atoms with Crippen LogP contribution in [0.15, 0.2) is 48.5 Å². The van der Waals surface area contributed by atoms with Crippen molar-refractivity contribution < 1.29 is 24.0 Å². The number of ether oxygens (including phenoxy) is 2. The minimum Gasteiger partial charge on any atom is -0.444 e. The first-order valence-electron chi connectivity index (χ1n) is 15.1. The highest BCUT2D eigenvalue weighted by Gasteiger charge is 2.27. The molecule has 2 aromatic carbocycles. The molecule has 2 amide bonds. The predicted molar refractivity (Wildman–Crippen MR) is 170 cm³/mol. The Morgan fingerprint density at radius 2 is 1.14 bits per heavy atom. The van der Waals surface area contributed by atoms with Crippen LogP contribution in [0.1, 0.15) is 52.7 Å². The van der Waals surface area contributed by atoms with Gasteiger partial charge in [0.15, 0.2) is 0 Å². The summed E-state index contributed by atoms with van der Waals surface area (Å²) in [5, 5.41) is 10.8. The SMILES string of the molecule is CC(C)(C)OC(=O)N1CCN(Cc2cccc(N)c2)CC1.CC(C)(C)OC(=O)N1CCN(Cc2cccc([N+](=O)[O-])c2)CC1. The molecule has 2 aliphatic rings. The topological polar surface area (TPSA) is 135 Å². The highest BCUT2D eigenvalue weighted by atomic mass is 16.6. The second-order valence-corrected chi connectivity index (χ2v) is 13.2. The van der Waals surface area contributed by atoms with Crippen LogP contribution < -0.4 is 5.73 Å². The summed E-state index contributed by atoms with van der Waals surface area (Å²) >= 11 is 0. The maximum Gasteiger partial charge on any atom is 0.410 e. The number of hydrogen-bond acceptors (Lipinski definition) is 9. The number of anilines is 1. The van der Waals surface area contributed by atoms with Gasteiger partial charge in [-0.15, -0.1) is 0 Å². The number of nitrogens with zero attached hydrogens (tertiary/aromatic N) is 5. The van der Waals surface area contributed by atoms with Crippen LogP contribution in [0.2, 0.25) is 0 Å². The molecule has 0 aliphatic carbocycles. The van der Waals surface area contributed by atoms with E-state index in [0.717, 1.165) is 44.0 Å². The molecule has 0 bridgehead atoms. The molecule has 2 heterocycles. The Morgan fingerprint density at radius 3 is 1.52 bits per heavy atom. The Morgan fingerprint density at radius 1 is 0.727 bits per heavy atom. The predicted octanol–water partition coefficient (Wildman–Crippen LogP) is 4.97. The zero-order valence-corrected chi connectivity index (χ0v) is 27.0. The highest BCUT2D eigenvalue weighted by molar-refractivity contribution is 5.68. The van der Waals surface area contributed by atoms with E-state index in [1.807, 2.05) is 65.8 Å². The molecule has 2 fully saturated rings. The number of carbonyl (C=O) groups is 2. The third-order valence-electron chi connectivity index (χ3n) is 6.93. The molecule has 12 nitrogen and oxygen atoms in total. The van der Waals surface area contributed by atoms with E-state index in [1.165, 1.54) is 11.6 Å². The zero-order chi connectivity index (χ0) is 32.5. The van der Waals surface area contributed by atoms with Crippen molar-refractivity contribution in [3.63, 3.8) is 0 Å². The number of rotatable bonds is 5. The average Bonchev–Trinajstić information content (AvgIpc) is 2.92. The normalized spacial score (nSPS) is 16.5. The number of nitro groups is 1. The molecule has 0 unspecified atom stereocenters. The van der Waals surface area contributed by atoms with Crippen molar-refractivity contribution in [2.45, 2.75) is 65.8 Å². The standard InChI is InChI=1S/C16H23N3O4.C16H25N3O2/c1-16(2,3)23-15(20)18-9-7-17(8-10-18)12-13-5-4-6-14(11-13)19(21)22;1-16(2,3)21-15(20)19-9-7-18(8-10-19)12-13-5-4-6-14(17)11-13/h4-6,11H,7-10,12H2,1-3H3;4-6,11H,7-10,12,17H2,1-3H3. The fourth-order valence-corrected chi connectivity index (χ4v) is 4.81. The first kappa shape index (κ1) is 34.6. The van der Waals surface area contributed by atoms with Gasteiger partial charge in [-0.2, -0.15) is 0 Å². The van der Waals surface area contributed by atoms with E-state index in [0.29, 0.717) is 32.7 Å². The number of piperazine rings is 2. The van der Waals surface area contributed by atoms with E-state index in [4.69, 9.17) is 15.2 Å². The zero-order valence-electron chi connectivity index (χ0n) is 27.0. The number of carbonyl (C=O) groups excluding carboxylic acids is 2. The summed E-state index contributed by atoms with van der Waals surface area (Å²) < 4.78 is 10.8. The van der Waals surface area contributed by atoms with Crippen LogP contribution in [-0.4, -0.2) is 100 Å². The highest BCUT2D eigenvalue weighted by Crippen LogP contribution is 2.18. The van der Waals surface area contributed by atoms with Crippen LogP contribution in [0.5, 0.6) is 0 Å². The lowest BCUT2D eigenvalue weighted by Gasteiger charge is -2.35. The van der Waals surface area contributed by atoms with Crippen molar-refractivity contribution in [3.05, 3.63) is 69.8 Å². The van der Waals surface area contributed by atoms with E-state index >= 15 is 0 Å². The van der Waals surface area contributed by atoms with Gasteiger partial charge in [0.2, 0.25) is 0 Å². The van der Waals surface area contributed by atoms with Crippen LogP contribution in [0.4, 0.5) is 21.0 Å². The number of nitrogens with two attached hydrogens (primary N) is 1. The van der Waals surface area contributed by atoms with Gasteiger partial charge in [0, 0.05) is 83.3 Å². The minimum absolute atomic E-state index is 0.106. The van der Waals surface area contributed by atoms with Gasteiger partial charge in [-0.1, -0.05) is 24.3 Å². The molecule has 12 heteroatoms. The van der Waals surface area contributed by atoms with Crippen molar-refractivity contribution in [1.82, 2.24) is 19.6 Å². The fraction of sp³-hybridized carbons (Fsp3) is 0.562. The molecule has 242 valence electrons. The number of nitro benzene ring substituents is 1. The molecule has 2 N–H and O–H groups in total. The van der Waals surface area contributed by atoms with Crippen LogP contribution in [0, 0.1) is 10.1 Å². The number of hydrogen-bond donors (Lipinski definition) is 1. The molecule has 0 radical (unpaired) electrons. The summed E-state index contributed by atoms with van der Waals surface area (Å²) in [7, 11) is 0. The Bertz CT molecular complexity index is 1260. The van der Waals surface area contributed by atoms with E-state index in [9.17, 15) is 19.7 Å². The Hall–Kier alpha value is -3.90. The Balaban J connectivity index is 0.000000241. The van der Waals surface area contributed by atoms with Crippen LogP contribution >= 0.6 is 0 Å². The van der Waals surface area contributed by atoms with Crippen LogP contribution in [-0.2, 0) is 22.6 Å². The minimum atomic E-state index is -0.489. The molecular formula is C32H48N6O6. The molecule has 4 rings (SSSR count). The summed E-state index contributed by atoms with van der Waals surface area (Å²) in [6.07, 6.45) is -0.501. The summed E-state index contributed by atoms with van der Waals surface area (Å²) in [4.78, 5) is 42.4. The number of benzene rings is 2. The molecule has 0 spiro atoms. The molecule has 0 saturated carbocycles. The largest absolute Gasteiger partial charge is 0.444 e. The van der Waals surface area contributed by atoms with E-state index < -0.39 is 11.2 Å². The van der Waals surface area contributed by atoms with Crippen molar-refractivity contribution in [3.8, 4) is 0 Å². The lowest BCUT2D eigenvalue weighted by molar-refractivity contribution is -0.384. The summed E-state index contributed by atoms with van der Waals surface area (Å²) in [6.45, 7) is 18.5. The number of non-ortho nitro benzene ring substituents is 1. The molecule has 2 saturated heterocycles. The summed E-state index contributed by atoms with van der Waals surface area (Å²) in [6, 6.07) is 14.6. The fourth-order valence-electron chi connectivity index (χ4n) is 4.81. The van der Waals surface area contributed by atoms with Gasteiger partial charge in [-0.05, 0) is 64.8 Å². The third kappa shape index (κ3) is 12.0. The second-order valence-electron chi connectivity index (χ2n) is 13.2. The number of nitrogen functional groups attached to an aromatic ring is 1. The summed E-state index contributed by atoms with van der Waals surface area (Å²) in [5.74, 6) is 0. The van der Waals surface area contributed by atoms with Gasteiger partial charge in [0.25, 0.3) is 5.69 Å². The molecule has 0 atom stereocenters. The second kappa shape index (κ2) is 15.2. The van der Waals surface area contributed by atoms with Crippen LogP contribution in [0.25, 0.3) is 0 Å². The van der Waals surface area contributed by atoms with Crippen molar-refractivity contribution >= 4 is 23.6 Å². The molecular weight excluding hydrogens is 564 g/mol. The molecule has 44 heavy (non-hydrogen) atoms. The Kier molecular flexibility index (Phi) is 12.0. The van der Waals surface area contributed by atoms with Crippen LogP contribution in [0.3, 0.4) is 0 Å². The van der Waals surface area contributed by atoms with Crippen molar-refractivity contribution in [1.29, 1.82) is 0 Å². The molecule has 0 aromatic heterocycles. The van der Waals surface area contributed by atoms with E-state index in [-0.39, 0.29) is 22.8 Å². The van der Waals surface area contributed by atoms with Gasteiger partial charge >= 0.3 is 12.2 Å². The maximum absolute atomic E-state index is 12.0. The van der Waals surface area contributed by atoms with Gasteiger partial charge in [0.05, 0.1) is 4.92 Å². The van der Waals surface area contributed by atoms with E-state index in [1.54, 1.807) is 21.9 Å². The molecule has 2 aliphatic heterocycles. The lowest BCUT2D eigenvalue weighted by Crippen LogP contribution is -2.49. The monoisotopic (exact) mass is 612 g/mol. The third-order valence-corrected chi connectivity index (χ3v) is 6.93. The van der Waals surface area contributed by atoms with Gasteiger partial charge in [-0.25, -0.2) is 9.59 Å². The first-order valence-corrected chi connectivity index (χ1v) is 15.1. The van der Waals surface area contributed by atoms with Gasteiger partial charge < -0.3 is 25.0 Å². The average molecular weight is 613 g/mol. The molecule has 2 aromatic rings. The van der Waals surface area contributed by atoms with Crippen molar-refractivity contribution in [2.24, 2.45) is 0 Å². The van der Waals surface area contributed by atoms with Crippen molar-refractivity contribution in [2.75, 3.05) is 58.1 Å². The number of amides is 2. The Labute approximate surface area is 260 Å².